The van der Waals surface area contributed by atoms with Gasteiger partial charge in [-0.3, -0.25) is 4.79 Å². The van der Waals surface area contributed by atoms with E-state index in [4.69, 9.17) is 19.7 Å². The molecule has 1 aromatic heterocycles. The Labute approximate surface area is 203 Å². The summed E-state index contributed by atoms with van der Waals surface area (Å²) in [5.41, 5.74) is 3.81. The maximum atomic E-state index is 13.5. The molecule has 176 valence electrons. The average Bonchev–Trinajstić information content (AvgIpc) is 2.86. The number of nitriles is 1. The van der Waals surface area contributed by atoms with Gasteiger partial charge in [0.2, 0.25) is 0 Å². The molecule has 0 bridgehead atoms. The number of aryl methyl sites for hydroxylation is 1. The molecule has 0 aliphatic heterocycles. The van der Waals surface area contributed by atoms with Crippen molar-refractivity contribution in [2.75, 3.05) is 13.7 Å². The quantitative estimate of drug-likeness (QED) is 0.345. The molecule has 7 heteroatoms. The topological polar surface area (TPSA) is 89.5 Å². The standard InChI is InChI=1S/C28H26N4O3/c1-18(2)23-16-24(19(3)14-26(23)34-4)27-31-25-11-6-5-10-22(25)28(33)32(27)30-17-20-8-7-9-21(15-20)35-13-12-29/h5-11,14-18H,13H2,1-4H3. The molecule has 35 heavy (non-hydrogen) atoms. The van der Waals surface area contributed by atoms with Crippen molar-refractivity contribution in [3.63, 3.8) is 0 Å². The number of fused-ring (bicyclic) bond motifs is 1. The van der Waals surface area contributed by atoms with Crippen molar-refractivity contribution in [1.82, 2.24) is 9.66 Å². The molecule has 0 saturated heterocycles. The van der Waals surface area contributed by atoms with Gasteiger partial charge >= 0.3 is 0 Å². The molecular formula is C28H26N4O3. The van der Waals surface area contributed by atoms with Crippen LogP contribution < -0.4 is 15.0 Å². The first kappa shape index (κ1) is 23.7. The van der Waals surface area contributed by atoms with E-state index in [-0.39, 0.29) is 18.1 Å². The fourth-order valence-electron chi connectivity index (χ4n) is 3.90. The highest BCUT2D eigenvalue weighted by Crippen LogP contribution is 2.34. The number of hydrogen-bond acceptors (Lipinski definition) is 6. The monoisotopic (exact) mass is 466 g/mol. The molecule has 0 aliphatic carbocycles. The predicted octanol–water partition coefficient (Wildman–Crippen LogP) is 5.29. The Morgan fingerprint density at radius 3 is 2.69 bits per heavy atom. The van der Waals surface area contributed by atoms with Crippen molar-refractivity contribution in [2.45, 2.75) is 26.7 Å². The highest BCUT2D eigenvalue weighted by Gasteiger charge is 2.18. The van der Waals surface area contributed by atoms with Crippen LogP contribution >= 0.6 is 0 Å². The van der Waals surface area contributed by atoms with Gasteiger partial charge in [0.1, 0.15) is 17.6 Å². The number of para-hydroxylation sites is 1. The molecule has 0 fully saturated rings. The lowest BCUT2D eigenvalue weighted by molar-refractivity contribution is 0.368. The van der Waals surface area contributed by atoms with Crippen LogP contribution in [0.3, 0.4) is 0 Å². The fraction of sp³-hybridized carbons (Fsp3) is 0.214. The summed E-state index contributed by atoms with van der Waals surface area (Å²) in [6, 6.07) is 20.4. The third kappa shape index (κ3) is 4.92. The zero-order chi connectivity index (χ0) is 24.9. The number of hydrogen-bond donors (Lipinski definition) is 0. The number of ether oxygens (including phenoxy) is 2. The zero-order valence-corrected chi connectivity index (χ0v) is 20.1. The molecule has 3 aromatic carbocycles. The van der Waals surface area contributed by atoms with Crippen LogP contribution in [0.4, 0.5) is 0 Å². The summed E-state index contributed by atoms with van der Waals surface area (Å²) in [6.07, 6.45) is 1.59. The Kier molecular flexibility index (Phi) is 6.93. The van der Waals surface area contributed by atoms with E-state index in [2.05, 4.69) is 18.9 Å². The molecule has 0 spiro atoms. The minimum atomic E-state index is -0.264. The SMILES string of the molecule is COc1cc(C)c(-c2nc3ccccc3c(=O)n2N=Cc2cccc(OCC#N)c2)cc1C(C)C. The molecule has 0 aliphatic rings. The Morgan fingerprint density at radius 2 is 1.94 bits per heavy atom. The second-order valence-electron chi connectivity index (χ2n) is 8.40. The minimum Gasteiger partial charge on any atom is -0.496 e. The first-order chi connectivity index (χ1) is 16.9. The summed E-state index contributed by atoms with van der Waals surface area (Å²) in [6.45, 7) is 6.11. The molecule has 0 saturated carbocycles. The number of aromatic nitrogens is 2. The second-order valence-corrected chi connectivity index (χ2v) is 8.40. The number of nitrogens with zero attached hydrogens (tertiary/aromatic N) is 4. The molecule has 4 rings (SSSR count). The molecule has 1 heterocycles. The Hall–Kier alpha value is -4.44. The van der Waals surface area contributed by atoms with E-state index < -0.39 is 0 Å². The van der Waals surface area contributed by atoms with E-state index in [1.54, 1.807) is 37.6 Å². The molecule has 4 aromatic rings. The van der Waals surface area contributed by atoms with Gasteiger partial charge in [0, 0.05) is 5.56 Å². The van der Waals surface area contributed by atoms with Gasteiger partial charge in [-0.1, -0.05) is 38.1 Å². The minimum absolute atomic E-state index is 0.0479. The van der Waals surface area contributed by atoms with Crippen LogP contribution in [0, 0.1) is 18.3 Å². The first-order valence-electron chi connectivity index (χ1n) is 11.3. The summed E-state index contributed by atoms with van der Waals surface area (Å²) in [5, 5.41) is 13.8. The molecule has 0 amide bonds. The molecule has 0 N–H and O–H groups in total. The van der Waals surface area contributed by atoms with Gasteiger partial charge in [-0.2, -0.15) is 15.0 Å². The van der Waals surface area contributed by atoms with Crippen LogP contribution in [0.15, 0.2) is 70.6 Å². The van der Waals surface area contributed by atoms with Crippen molar-refractivity contribution in [3.05, 3.63) is 87.7 Å². The van der Waals surface area contributed by atoms with Crippen molar-refractivity contribution < 1.29 is 9.47 Å². The van der Waals surface area contributed by atoms with Crippen molar-refractivity contribution >= 4 is 17.1 Å². The van der Waals surface area contributed by atoms with E-state index in [1.807, 2.05) is 49.4 Å². The maximum absolute atomic E-state index is 13.5. The summed E-state index contributed by atoms with van der Waals surface area (Å²) >= 11 is 0. The van der Waals surface area contributed by atoms with Crippen LogP contribution in [0.5, 0.6) is 11.5 Å². The van der Waals surface area contributed by atoms with Gasteiger partial charge < -0.3 is 9.47 Å². The lowest BCUT2D eigenvalue weighted by Crippen LogP contribution is -2.20. The number of methoxy groups -OCH3 is 1. The normalized spacial score (nSPS) is 11.2. The van der Waals surface area contributed by atoms with Crippen molar-refractivity contribution in [3.8, 4) is 29.0 Å². The van der Waals surface area contributed by atoms with Crippen LogP contribution in [-0.4, -0.2) is 29.6 Å². The van der Waals surface area contributed by atoms with Crippen molar-refractivity contribution in [2.24, 2.45) is 5.10 Å². The second kappa shape index (κ2) is 10.2. The van der Waals surface area contributed by atoms with Gasteiger partial charge in [0.15, 0.2) is 12.4 Å². The lowest BCUT2D eigenvalue weighted by atomic mass is 9.96. The van der Waals surface area contributed by atoms with Gasteiger partial charge in [-0.15, -0.1) is 0 Å². The van der Waals surface area contributed by atoms with Crippen LogP contribution in [0.25, 0.3) is 22.3 Å². The van der Waals surface area contributed by atoms with Crippen LogP contribution in [-0.2, 0) is 0 Å². The molecule has 0 radical (unpaired) electrons. The van der Waals surface area contributed by atoms with E-state index in [0.717, 1.165) is 28.0 Å². The summed E-state index contributed by atoms with van der Waals surface area (Å²) in [4.78, 5) is 18.4. The summed E-state index contributed by atoms with van der Waals surface area (Å²) in [7, 11) is 1.66. The molecule has 0 unspecified atom stereocenters. The van der Waals surface area contributed by atoms with Gasteiger partial charge in [-0.05, 0) is 65.9 Å². The van der Waals surface area contributed by atoms with Gasteiger partial charge in [-0.25, -0.2) is 4.98 Å². The highest BCUT2D eigenvalue weighted by atomic mass is 16.5. The average molecular weight is 467 g/mol. The van der Waals surface area contributed by atoms with Gasteiger partial charge in [0.05, 0.1) is 24.2 Å². The zero-order valence-electron chi connectivity index (χ0n) is 20.1. The lowest BCUT2D eigenvalue weighted by Gasteiger charge is -2.17. The van der Waals surface area contributed by atoms with Crippen molar-refractivity contribution in [1.29, 1.82) is 5.26 Å². The smallest absolute Gasteiger partial charge is 0.282 e. The summed E-state index contributed by atoms with van der Waals surface area (Å²) < 4.78 is 12.3. The van der Waals surface area contributed by atoms with E-state index >= 15 is 0 Å². The van der Waals surface area contributed by atoms with E-state index in [1.165, 1.54) is 4.68 Å². The van der Waals surface area contributed by atoms with E-state index in [0.29, 0.717) is 22.5 Å². The third-order valence-corrected chi connectivity index (χ3v) is 5.68. The number of rotatable bonds is 7. The Morgan fingerprint density at radius 1 is 1.14 bits per heavy atom. The van der Waals surface area contributed by atoms with E-state index in [9.17, 15) is 4.79 Å². The van der Waals surface area contributed by atoms with Crippen LogP contribution in [0.1, 0.15) is 36.5 Å². The summed E-state index contributed by atoms with van der Waals surface area (Å²) in [5.74, 6) is 2.01. The Balaban J connectivity index is 1.91. The highest BCUT2D eigenvalue weighted by molar-refractivity contribution is 5.82. The van der Waals surface area contributed by atoms with Crippen LogP contribution in [0.2, 0.25) is 0 Å². The Bertz CT molecular complexity index is 1510. The number of benzene rings is 3. The fourth-order valence-corrected chi connectivity index (χ4v) is 3.90. The molecule has 7 nitrogen and oxygen atoms in total. The predicted molar refractivity (Wildman–Crippen MR) is 137 cm³/mol. The third-order valence-electron chi connectivity index (χ3n) is 5.68. The van der Waals surface area contributed by atoms with Gasteiger partial charge in [0.25, 0.3) is 5.56 Å². The first-order valence-corrected chi connectivity index (χ1v) is 11.3. The molecule has 0 atom stereocenters. The maximum Gasteiger partial charge on any atom is 0.282 e. The molecular weight excluding hydrogens is 440 g/mol. The largest absolute Gasteiger partial charge is 0.496 e.